The number of allylic oxidation sites excluding steroid dienone is 2. The lowest BCUT2D eigenvalue weighted by Crippen LogP contribution is -2.21. The van der Waals surface area contributed by atoms with Crippen molar-refractivity contribution in [2.24, 2.45) is 5.92 Å². The monoisotopic (exact) mass is 167 g/mol. The molecule has 0 aliphatic carbocycles. The number of hydrogen-bond acceptors (Lipinski definition) is 1. The molecule has 1 heterocycles. The van der Waals surface area contributed by atoms with Crippen LogP contribution in [-0.4, -0.2) is 6.04 Å². The zero-order chi connectivity index (χ0) is 9.56. The van der Waals surface area contributed by atoms with Gasteiger partial charge in [-0.25, -0.2) is 0 Å². The molecule has 0 radical (unpaired) electrons. The van der Waals surface area contributed by atoms with Crippen LogP contribution in [0.3, 0.4) is 0 Å². The highest BCUT2D eigenvalue weighted by Gasteiger charge is 2.04. The molecule has 0 amide bonds. The van der Waals surface area contributed by atoms with Crippen molar-refractivity contribution in [1.82, 2.24) is 5.32 Å². The maximum Gasteiger partial charge on any atom is 0.0413 e. The normalized spacial score (nSPS) is 20.8. The molecule has 0 saturated carbocycles. The minimum Gasteiger partial charge on any atom is -0.385 e. The Hall–Kier alpha value is -0.720. The van der Waals surface area contributed by atoms with Gasteiger partial charge in [-0.05, 0) is 18.4 Å². The summed E-state index contributed by atoms with van der Waals surface area (Å²) in [6.07, 6.45) is 6.50. The summed E-state index contributed by atoms with van der Waals surface area (Å²) in [5, 5.41) is 3.26. The second-order valence-electron chi connectivity index (χ2n) is 3.11. The van der Waals surface area contributed by atoms with Crippen LogP contribution in [0.5, 0.6) is 0 Å². The van der Waals surface area contributed by atoms with Crippen LogP contribution in [0, 0.1) is 5.92 Å². The van der Waals surface area contributed by atoms with Gasteiger partial charge in [0.25, 0.3) is 0 Å². The molecule has 1 nitrogen and oxygen atoms in total. The number of rotatable bonds is 1. The van der Waals surface area contributed by atoms with E-state index in [1.807, 2.05) is 13.8 Å². The molecule has 0 aromatic heterocycles. The Morgan fingerprint density at radius 1 is 1.33 bits per heavy atom. The van der Waals surface area contributed by atoms with Crippen LogP contribution >= 0.6 is 0 Å². The summed E-state index contributed by atoms with van der Waals surface area (Å²) in [6.45, 7) is 10.5. The largest absolute Gasteiger partial charge is 0.385 e. The van der Waals surface area contributed by atoms with Crippen LogP contribution < -0.4 is 5.32 Å². The van der Waals surface area contributed by atoms with Crippen molar-refractivity contribution in [2.45, 2.75) is 40.7 Å². The lowest BCUT2D eigenvalue weighted by Gasteiger charge is -2.16. The van der Waals surface area contributed by atoms with Crippen LogP contribution in [-0.2, 0) is 0 Å². The fourth-order valence-electron chi connectivity index (χ4n) is 0.946. The third kappa shape index (κ3) is 3.61. The lowest BCUT2D eigenvalue weighted by atomic mass is 10.0. The summed E-state index contributed by atoms with van der Waals surface area (Å²) in [5.74, 6) is 0.635. The van der Waals surface area contributed by atoms with E-state index in [2.05, 4.69) is 44.4 Å². The van der Waals surface area contributed by atoms with Gasteiger partial charge < -0.3 is 5.32 Å². The molecule has 1 N–H and O–H groups in total. The van der Waals surface area contributed by atoms with Gasteiger partial charge in [-0.1, -0.05) is 39.8 Å². The molecule has 0 aromatic carbocycles. The van der Waals surface area contributed by atoms with E-state index in [0.717, 1.165) is 0 Å². The van der Waals surface area contributed by atoms with Crippen LogP contribution in [0.2, 0.25) is 0 Å². The Kier molecular flexibility index (Phi) is 5.52. The topological polar surface area (TPSA) is 12.0 Å². The molecule has 0 fully saturated rings. The zero-order valence-corrected chi connectivity index (χ0v) is 8.89. The summed E-state index contributed by atoms with van der Waals surface area (Å²) in [7, 11) is 0. The van der Waals surface area contributed by atoms with E-state index >= 15 is 0 Å². The average Bonchev–Trinajstić information content (AvgIpc) is 2.09. The smallest absolute Gasteiger partial charge is 0.0413 e. The van der Waals surface area contributed by atoms with Crippen molar-refractivity contribution in [3.63, 3.8) is 0 Å². The molecule has 0 saturated heterocycles. The molecule has 1 unspecified atom stereocenters. The first-order chi connectivity index (χ1) is 5.70. The molecule has 0 spiro atoms. The summed E-state index contributed by atoms with van der Waals surface area (Å²) < 4.78 is 0. The molecule has 0 bridgehead atoms. The Balaban J connectivity index is 0.000000561. The van der Waals surface area contributed by atoms with Gasteiger partial charge in [0.05, 0.1) is 0 Å². The van der Waals surface area contributed by atoms with Gasteiger partial charge in [-0.3, -0.25) is 0 Å². The van der Waals surface area contributed by atoms with Crippen molar-refractivity contribution >= 4 is 0 Å². The Morgan fingerprint density at radius 2 is 1.92 bits per heavy atom. The summed E-state index contributed by atoms with van der Waals surface area (Å²) in [5.41, 5.74) is 1.39. The predicted octanol–water partition coefficient (Wildman–Crippen LogP) is 3.10. The van der Waals surface area contributed by atoms with E-state index in [1.54, 1.807) is 0 Å². The average molecular weight is 167 g/mol. The van der Waals surface area contributed by atoms with Gasteiger partial charge >= 0.3 is 0 Å². The van der Waals surface area contributed by atoms with Gasteiger partial charge in [-0.2, -0.15) is 0 Å². The summed E-state index contributed by atoms with van der Waals surface area (Å²) in [4.78, 5) is 0. The minimum absolute atomic E-state index is 0.502. The van der Waals surface area contributed by atoms with Crippen LogP contribution in [0.1, 0.15) is 34.6 Å². The second-order valence-corrected chi connectivity index (χ2v) is 3.11. The van der Waals surface area contributed by atoms with E-state index in [4.69, 9.17) is 0 Å². The molecule has 1 rings (SSSR count). The Morgan fingerprint density at radius 3 is 2.25 bits per heavy atom. The van der Waals surface area contributed by atoms with Crippen molar-refractivity contribution in [1.29, 1.82) is 0 Å². The van der Waals surface area contributed by atoms with Gasteiger partial charge in [0, 0.05) is 12.2 Å². The van der Waals surface area contributed by atoms with Gasteiger partial charge in [0.2, 0.25) is 0 Å². The molecule has 70 valence electrons. The molecular formula is C11H21N. The highest BCUT2D eigenvalue weighted by Crippen LogP contribution is 2.13. The number of hydrogen-bond donors (Lipinski definition) is 1. The lowest BCUT2D eigenvalue weighted by molar-refractivity contribution is 0.708. The Bertz CT molecular complexity index is 166. The first-order valence-corrected chi connectivity index (χ1v) is 4.84. The molecular weight excluding hydrogens is 146 g/mol. The predicted molar refractivity (Wildman–Crippen MR) is 56.0 cm³/mol. The SMILES string of the molecule is CC.CC1C=CC(C(C)C)=CN1. The standard InChI is InChI=1S/C9H15N.C2H6/c1-7(2)9-5-4-8(3)10-6-9;1-2/h4-8,10H,1-3H3;1-2H3. The van der Waals surface area contributed by atoms with E-state index in [0.29, 0.717) is 12.0 Å². The van der Waals surface area contributed by atoms with Crippen molar-refractivity contribution < 1.29 is 0 Å². The third-order valence-corrected chi connectivity index (χ3v) is 1.76. The van der Waals surface area contributed by atoms with E-state index < -0.39 is 0 Å². The van der Waals surface area contributed by atoms with Crippen LogP contribution in [0.4, 0.5) is 0 Å². The highest BCUT2D eigenvalue weighted by atomic mass is 14.9. The number of nitrogens with one attached hydrogen (secondary N) is 1. The molecule has 1 atom stereocenters. The van der Waals surface area contributed by atoms with Crippen LogP contribution in [0.15, 0.2) is 23.9 Å². The second kappa shape index (κ2) is 5.87. The van der Waals surface area contributed by atoms with Crippen LogP contribution in [0.25, 0.3) is 0 Å². The van der Waals surface area contributed by atoms with Gasteiger partial charge in [0.15, 0.2) is 0 Å². The maximum absolute atomic E-state index is 3.26. The zero-order valence-electron chi connectivity index (χ0n) is 8.89. The van der Waals surface area contributed by atoms with E-state index in [1.165, 1.54) is 5.57 Å². The van der Waals surface area contributed by atoms with Crippen molar-refractivity contribution in [3.05, 3.63) is 23.9 Å². The first kappa shape index (κ1) is 11.3. The van der Waals surface area contributed by atoms with Gasteiger partial charge in [0.1, 0.15) is 0 Å². The quantitative estimate of drug-likeness (QED) is 0.632. The van der Waals surface area contributed by atoms with Gasteiger partial charge in [-0.15, -0.1) is 0 Å². The summed E-state index contributed by atoms with van der Waals surface area (Å²) in [6, 6.07) is 0.502. The van der Waals surface area contributed by atoms with Crippen molar-refractivity contribution in [2.75, 3.05) is 0 Å². The summed E-state index contributed by atoms with van der Waals surface area (Å²) >= 11 is 0. The molecule has 1 aliphatic heterocycles. The highest BCUT2D eigenvalue weighted by molar-refractivity contribution is 5.24. The fourth-order valence-corrected chi connectivity index (χ4v) is 0.946. The molecule has 1 heteroatoms. The molecule has 1 aliphatic rings. The van der Waals surface area contributed by atoms with E-state index in [9.17, 15) is 0 Å². The molecule has 12 heavy (non-hydrogen) atoms. The Labute approximate surface area is 76.6 Å². The first-order valence-electron chi connectivity index (χ1n) is 4.84. The van der Waals surface area contributed by atoms with Crippen molar-refractivity contribution in [3.8, 4) is 0 Å². The molecule has 0 aromatic rings. The third-order valence-electron chi connectivity index (χ3n) is 1.76. The minimum atomic E-state index is 0.502. The van der Waals surface area contributed by atoms with E-state index in [-0.39, 0.29) is 0 Å². The maximum atomic E-state index is 3.26. The fraction of sp³-hybridized carbons (Fsp3) is 0.636. The number of dihydropyridines is 1.